The van der Waals surface area contributed by atoms with Crippen LogP contribution in [0.1, 0.15) is 75.3 Å². The lowest BCUT2D eigenvalue weighted by molar-refractivity contribution is 0.428. The van der Waals surface area contributed by atoms with Crippen LogP contribution in [0.5, 0.6) is 0 Å². The van der Waals surface area contributed by atoms with E-state index in [9.17, 15) is 12.8 Å². The number of nitrogens with one attached hydrogen (secondary N) is 1. The predicted molar refractivity (Wildman–Crippen MR) is 185 cm³/mol. The van der Waals surface area contributed by atoms with E-state index in [0.717, 1.165) is 86.3 Å². The van der Waals surface area contributed by atoms with Gasteiger partial charge in [0, 0.05) is 22.4 Å². The van der Waals surface area contributed by atoms with Crippen molar-refractivity contribution in [2.45, 2.75) is 95.0 Å². The predicted octanol–water partition coefficient (Wildman–Crippen LogP) is 9.23. The van der Waals surface area contributed by atoms with Crippen molar-refractivity contribution in [3.63, 3.8) is 0 Å². The number of anilines is 1. The number of hydrogen-bond donors (Lipinski definition) is 1. The summed E-state index contributed by atoms with van der Waals surface area (Å²) in [7, 11) is -3.97. The Kier molecular flexibility index (Phi) is 9.57. The third kappa shape index (κ3) is 7.09. The van der Waals surface area contributed by atoms with Crippen LogP contribution in [0, 0.1) is 19.7 Å². The third-order valence-corrected chi connectivity index (χ3v) is 11.2. The standard InChI is InChI=1S/C36H40BrFN4O2S/c1-24-13-17-26(18-14-24)34-33(37)32-23-27(38)19-22-31(32)35(40-34)42(29-11-7-4-8-12-29)36(39-28-9-5-3-6-10-28)41-45(43,44)30-20-15-25(2)16-21-30/h13-23,28-29H,3-12H2,1-2H3,(H,39,41). The van der Waals surface area contributed by atoms with Crippen molar-refractivity contribution < 1.29 is 12.8 Å². The molecule has 6 rings (SSSR count). The fourth-order valence-corrected chi connectivity index (χ4v) is 8.17. The molecule has 2 aliphatic rings. The molecule has 0 saturated heterocycles. The van der Waals surface area contributed by atoms with Gasteiger partial charge in [-0.05, 0) is 85.8 Å². The van der Waals surface area contributed by atoms with E-state index in [4.69, 9.17) is 9.98 Å². The Morgan fingerprint density at radius 1 is 0.844 bits per heavy atom. The highest BCUT2D eigenvalue weighted by atomic mass is 79.9. The van der Waals surface area contributed by atoms with Crippen molar-refractivity contribution in [2.24, 2.45) is 4.99 Å². The highest BCUT2D eigenvalue weighted by Crippen LogP contribution is 2.40. The number of rotatable bonds is 6. The minimum atomic E-state index is -3.97. The lowest BCUT2D eigenvalue weighted by Gasteiger charge is -2.37. The molecule has 2 aliphatic carbocycles. The fourth-order valence-electron chi connectivity index (χ4n) is 6.52. The second-order valence-corrected chi connectivity index (χ2v) is 15.0. The zero-order valence-corrected chi connectivity index (χ0v) is 28.3. The van der Waals surface area contributed by atoms with Crippen molar-refractivity contribution in [1.29, 1.82) is 0 Å². The highest BCUT2D eigenvalue weighted by molar-refractivity contribution is 9.10. The summed E-state index contributed by atoms with van der Waals surface area (Å²) in [5, 5.41) is 1.41. The number of pyridine rings is 1. The van der Waals surface area contributed by atoms with Crippen molar-refractivity contribution in [3.05, 3.63) is 88.1 Å². The first-order valence-corrected chi connectivity index (χ1v) is 18.3. The topological polar surface area (TPSA) is 74.7 Å². The molecule has 1 heterocycles. The summed E-state index contributed by atoms with van der Waals surface area (Å²) in [6, 6.07) is 19.6. The Hall–Kier alpha value is -3.30. The van der Waals surface area contributed by atoms with Gasteiger partial charge < -0.3 is 0 Å². The van der Waals surface area contributed by atoms with Crippen LogP contribution in [0.15, 0.2) is 81.1 Å². The number of nitrogens with zero attached hydrogens (tertiary/aromatic N) is 3. The number of hydrogen-bond acceptors (Lipinski definition) is 4. The van der Waals surface area contributed by atoms with E-state index in [1.54, 1.807) is 30.3 Å². The van der Waals surface area contributed by atoms with Crippen LogP contribution < -0.4 is 9.62 Å². The second kappa shape index (κ2) is 13.6. The van der Waals surface area contributed by atoms with Gasteiger partial charge in [0.05, 0.1) is 21.1 Å². The van der Waals surface area contributed by atoms with Crippen LogP contribution >= 0.6 is 15.9 Å². The minimum absolute atomic E-state index is 0.00344. The summed E-state index contributed by atoms with van der Waals surface area (Å²) in [5.74, 6) is 0.525. The minimum Gasteiger partial charge on any atom is -0.293 e. The smallest absolute Gasteiger partial charge is 0.264 e. The molecule has 2 saturated carbocycles. The van der Waals surface area contributed by atoms with Gasteiger partial charge in [-0.2, -0.15) is 0 Å². The first-order valence-electron chi connectivity index (χ1n) is 16.0. The van der Waals surface area contributed by atoms with Gasteiger partial charge in [0.2, 0.25) is 5.96 Å². The molecule has 0 amide bonds. The molecule has 236 valence electrons. The first-order chi connectivity index (χ1) is 21.7. The number of fused-ring (bicyclic) bond motifs is 1. The van der Waals surface area contributed by atoms with Crippen LogP contribution in [0.25, 0.3) is 22.0 Å². The SMILES string of the molecule is Cc1ccc(-c2nc(N(C(=NC3CCCCC3)NS(=O)(=O)c3ccc(C)cc3)C3CCCCC3)c3ccc(F)cc3c2Br)cc1. The number of aromatic nitrogens is 1. The summed E-state index contributed by atoms with van der Waals surface area (Å²) in [6.45, 7) is 3.97. The van der Waals surface area contributed by atoms with Crippen LogP contribution in [0.4, 0.5) is 10.2 Å². The van der Waals surface area contributed by atoms with E-state index in [-0.39, 0.29) is 22.8 Å². The van der Waals surface area contributed by atoms with Gasteiger partial charge in [-0.15, -0.1) is 0 Å². The number of guanidine groups is 1. The molecule has 0 spiro atoms. The molecule has 0 bridgehead atoms. The van der Waals surface area contributed by atoms with Crippen molar-refractivity contribution in [3.8, 4) is 11.3 Å². The van der Waals surface area contributed by atoms with E-state index in [2.05, 4.69) is 20.7 Å². The van der Waals surface area contributed by atoms with Crippen LogP contribution in [-0.2, 0) is 10.0 Å². The summed E-state index contributed by atoms with van der Waals surface area (Å²) in [4.78, 5) is 12.7. The summed E-state index contributed by atoms with van der Waals surface area (Å²) in [5.41, 5.74) is 3.66. The van der Waals surface area contributed by atoms with E-state index in [0.29, 0.717) is 27.3 Å². The number of sulfonamides is 1. The molecule has 9 heteroatoms. The normalized spacial score (nSPS) is 17.0. The van der Waals surface area contributed by atoms with Crippen molar-refractivity contribution in [2.75, 3.05) is 4.90 Å². The lowest BCUT2D eigenvalue weighted by Crippen LogP contribution is -2.51. The molecule has 4 aromatic rings. The van der Waals surface area contributed by atoms with Crippen LogP contribution in [-0.4, -0.2) is 31.4 Å². The van der Waals surface area contributed by atoms with Gasteiger partial charge in [-0.1, -0.05) is 86.1 Å². The maximum Gasteiger partial charge on any atom is 0.264 e. The second-order valence-electron chi connectivity index (χ2n) is 12.5. The molecule has 1 N–H and O–H groups in total. The molecule has 0 unspecified atom stereocenters. The molecule has 3 aromatic carbocycles. The number of benzene rings is 3. The van der Waals surface area contributed by atoms with Gasteiger partial charge in [0.15, 0.2) is 0 Å². The van der Waals surface area contributed by atoms with Gasteiger partial charge in [0.1, 0.15) is 11.6 Å². The Morgan fingerprint density at radius 2 is 1.44 bits per heavy atom. The lowest BCUT2D eigenvalue weighted by atomic mass is 9.93. The van der Waals surface area contributed by atoms with E-state index in [1.807, 2.05) is 43.0 Å². The van der Waals surface area contributed by atoms with E-state index in [1.165, 1.54) is 12.1 Å². The quantitative estimate of drug-likeness (QED) is 0.162. The monoisotopic (exact) mass is 690 g/mol. The molecule has 0 aliphatic heterocycles. The maximum absolute atomic E-state index is 14.8. The van der Waals surface area contributed by atoms with Gasteiger partial charge >= 0.3 is 0 Å². The zero-order chi connectivity index (χ0) is 31.6. The fraction of sp³-hybridized carbons (Fsp3) is 0.389. The molecule has 6 nitrogen and oxygen atoms in total. The summed E-state index contributed by atoms with van der Waals surface area (Å²) in [6.07, 6.45) is 10.0. The summed E-state index contributed by atoms with van der Waals surface area (Å²) < 4.78 is 46.5. The van der Waals surface area contributed by atoms with E-state index < -0.39 is 10.0 Å². The van der Waals surface area contributed by atoms with Crippen molar-refractivity contribution in [1.82, 2.24) is 9.71 Å². The molecular weight excluding hydrogens is 651 g/mol. The third-order valence-electron chi connectivity index (χ3n) is 9.04. The van der Waals surface area contributed by atoms with Gasteiger partial charge in [-0.25, -0.2) is 27.5 Å². The highest BCUT2D eigenvalue weighted by Gasteiger charge is 2.33. The Labute approximate surface area is 274 Å². The molecule has 45 heavy (non-hydrogen) atoms. The average Bonchev–Trinajstić information content (AvgIpc) is 3.04. The molecular formula is C36H40BrFN4O2S. The Bertz CT molecular complexity index is 1800. The molecule has 0 radical (unpaired) electrons. The average molecular weight is 692 g/mol. The number of aliphatic imine (C=N–C) groups is 1. The molecule has 0 atom stereocenters. The zero-order valence-electron chi connectivity index (χ0n) is 25.9. The number of halogens is 2. The first kappa shape index (κ1) is 31.7. The molecule has 2 fully saturated rings. The largest absolute Gasteiger partial charge is 0.293 e. The Balaban J connectivity index is 1.58. The number of aryl methyl sites for hydroxylation is 2. The van der Waals surface area contributed by atoms with Crippen LogP contribution in [0.3, 0.4) is 0 Å². The Morgan fingerprint density at radius 3 is 2.09 bits per heavy atom. The van der Waals surface area contributed by atoms with Gasteiger partial charge in [-0.3, -0.25) is 4.90 Å². The van der Waals surface area contributed by atoms with E-state index >= 15 is 0 Å². The summed E-state index contributed by atoms with van der Waals surface area (Å²) >= 11 is 3.76. The molecule has 1 aromatic heterocycles. The maximum atomic E-state index is 14.8. The van der Waals surface area contributed by atoms with Crippen LogP contribution in [0.2, 0.25) is 0 Å². The van der Waals surface area contributed by atoms with Crippen molar-refractivity contribution >= 4 is 48.5 Å². The van der Waals surface area contributed by atoms with Gasteiger partial charge in [0.25, 0.3) is 10.0 Å².